The van der Waals surface area contributed by atoms with Gasteiger partial charge in [-0.3, -0.25) is 0 Å². The third kappa shape index (κ3) is 2.97. The van der Waals surface area contributed by atoms with Gasteiger partial charge in [-0.15, -0.1) is 10.2 Å². The quantitative estimate of drug-likeness (QED) is 0.731. The van der Waals surface area contributed by atoms with E-state index in [4.69, 9.17) is 13.9 Å². The standard InChI is InChI=1S/C19H18N2O3/c1-13-20-21-19(23-13)16-7-3-2-6-14(16)10-11-15-12-22-17-8-4-5-9-18(17)24-15/h2-9,15H,10-12H2,1H3/t15-/m0/s1. The van der Waals surface area contributed by atoms with Crippen LogP contribution in [0.1, 0.15) is 17.9 Å². The molecule has 0 unspecified atom stereocenters. The maximum atomic E-state index is 6.03. The van der Waals surface area contributed by atoms with Crippen molar-refractivity contribution < 1.29 is 13.9 Å². The van der Waals surface area contributed by atoms with Crippen molar-refractivity contribution in [3.05, 3.63) is 60.0 Å². The van der Waals surface area contributed by atoms with Crippen LogP contribution in [0.15, 0.2) is 52.9 Å². The average Bonchev–Trinajstić information content (AvgIpc) is 3.06. The van der Waals surface area contributed by atoms with E-state index in [0.29, 0.717) is 18.4 Å². The lowest BCUT2D eigenvalue weighted by molar-refractivity contribution is 0.0851. The second kappa shape index (κ2) is 6.35. The smallest absolute Gasteiger partial charge is 0.247 e. The van der Waals surface area contributed by atoms with Crippen molar-refractivity contribution in [1.82, 2.24) is 10.2 Å². The first-order chi connectivity index (χ1) is 11.8. The maximum Gasteiger partial charge on any atom is 0.247 e. The van der Waals surface area contributed by atoms with Crippen LogP contribution in [0.2, 0.25) is 0 Å². The van der Waals surface area contributed by atoms with Gasteiger partial charge in [-0.05, 0) is 36.6 Å². The van der Waals surface area contributed by atoms with Gasteiger partial charge in [0.25, 0.3) is 0 Å². The zero-order valence-electron chi connectivity index (χ0n) is 13.4. The summed E-state index contributed by atoms with van der Waals surface area (Å²) in [5.74, 6) is 2.76. The van der Waals surface area contributed by atoms with Crippen molar-refractivity contribution in [1.29, 1.82) is 0 Å². The minimum atomic E-state index is 0.0392. The molecule has 5 nitrogen and oxygen atoms in total. The van der Waals surface area contributed by atoms with E-state index < -0.39 is 0 Å². The molecular formula is C19H18N2O3. The Kier molecular flexibility index (Phi) is 3.91. The van der Waals surface area contributed by atoms with Crippen LogP contribution in [-0.4, -0.2) is 22.9 Å². The van der Waals surface area contributed by atoms with Crippen LogP contribution in [0.5, 0.6) is 11.5 Å². The summed E-state index contributed by atoms with van der Waals surface area (Å²) in [6, 6.07) is 15.9. The van der Waals surface area contributed by atoms with Gasteiger partial charge in [-0.1, -0.05) is 30.3 Å². The Bertz CT molecular complexity index is 844. The number of hydrogen-bond acceptors (Lipinski definition) is 5. The summed E-state index contributed by atoms with van der Waals surface area (Å²) in [5, 5.41) is 8.05. The Morgan fingerprint density at radius 2 is 1.79 bits per heavy atom. The Labute approximate surface area is 140 Å². The number of benzene rings is 2. The minimum Gasteiger partial charge on any atom is -0.486 e. The predicted octanol–water partition coefficient (Wildman–Crippen LogP) is 3.82. The van der Waals surface area contributed by atoms with Crippen molar-refractivity contribution in [3.63, 3.8) is 0 Å². The molecule has 0 N–H and O–H groups in total. The molecule has 3 aromatic rings. The number of ether oxygens (including phenoxy) is 2. The van der Waals surface area contributed by atoms with Gasteiger partial charge in [-0.25, -0.2) is 0 Å². The van der Waals surface area contributed by atoms with E-state index in [1.807, 2.05) is 42.5 Å². The summed E-state index contributed by atoms with van der Waals surface area (Å²) in [5.41, 5.74) is 2.15. The summed E-state index contributed by atoms with van der Waals surface area (Å²) in [6.45, 7) is 2.36. The third-order valence-electron chi connectivity index (χ3n) is 4.08. The largest absolute Gasteiger partial charge is 0.486 e. The van der Waals surface area contributed by atoms with E-state index in [9.17, 15) is 0 Å². The second-order valence-corrected chi connectivity index (χ2v) is 5.82. The number of fused-ring (bicyclic) bond motifs is 1. The molecule has 0 aliphatic carbocycles. The Morgan fingerprint density at radius 3 is 2.62 bits per heavy atom. The monoisotopic (exact) mass is 322 g/mol. The van der Waals surface area contributed by atoms with Crippen molar-refractivity contribution in [2.75, 3.05) is 6.61 Å². The van der Waals surface area contributed by atoms with Gasteiger partial charge in [0, 0.05) is 12.5 Å². The molecule has 1 aromatic heterocycles. The Hall–Kier alpha value is -2.82. The highest BCUT2D eigenvalue weighted by atomic mass is 16.6. The van der Waals surface area contributed by atoms with Gasteiger partial charge < -0.3 is 13.9 Å². The van der Waals surface area contributed by atoms with Crippen molar-refractivity contribution in [3.8, 4) is 23.0 Å². The van der Waals surface area contributed by atoms with Gasteiger partial charge in [-0.2, -0.15) is 0 Å². The summed E-state index contributed by atoms with van der Waals surface area (Å²) >= 11 is 0. The van der Waals surface area contributed by atoms with Crippen LogP contribution < -0.4 is 9.47 Å². The number of para-hydroxylation sites is 2. The normalized spacial score (nSPS) is 16.1. The lowest BCUT2D eigenvalue weighted by atomic mass is 10.0. The maximum absolute atomic E-state index is 6.03. The summed E-state index contributed by atoms with van der Waals surface area (Å²) in [4.78, 5) is 0. The zero-order valence-corrected chi connectivity index (χ0v) is 13.4. The Morgan fingerprint density at radius 1 is 1.00 bits per heavy atom. The second-order valence-electron chi connectivity index (χ2n) is 5.82. The van der Waals surface area contributed by atoms with E-state index in [-0.39, 0.29) is 6.10 Å². The zero-order chi connectivity index (χ0) is 16.4. The number of nitrogens with zero attached hydrogens (tertiary/aromatic N) is 2. The summed E-state index contributed by atoms with van der Waals surface area (Å²) in [6.07, 6.45) is 1.75. The molecule has 1 aliphatic rings. The molecule has 5 heteroatoms. The average molecular weight is 322 g/mol. The highest BCUT2D eigenvalue weighted by Gasteiger charge is 2.21. The molecule has 0 bridgehead atoms. The van der Waals surface area contributed by atoms with Gasteiger partial charge >= 0.3 is 0 Å². The SMILES string of the molecule is Cc1nnc(-c2ccccc2CC[C@H]2COc3ccccc3O2)o1. The van der Waals surface area contributed by atoms with E-state index in [1.165, 1.54) is 5.56 Å². The first-order valence-electron chi connectivity index (χ1n) is 8.06. The van der Waals surface area contributed by atoms with E-state index in [1.54, 1.807) is 6.92 Å². The van der Waals surface area contributed by atoms with Crippen molar-refractivity contribution in [2.24, 2.45) is 0 Å². The molecular weight excluding hydrogens is 304 g/mol. The highest BCUT2D eigenvalue weighted by Crippen LogP contribution is 2.32. The first kappa shape index (κ1) is 14.8. The van der Waals surface area contributed by atoms with Crippen molar-refractivity contribution >= 4 is 0 Å². The fourth-order valence-corrected chi connectivity index (χ4v) is 2.87. The first-order valence-corrected chi connectivity index (χ1v) is 8.06. The van der Waals surface area contributed by atoms with Crippen LogP contribution in [0.3, 0.4) is 0 Å². The molecule has 2 heterocycles. The molecule has 0 spiro atoms. The lowest BCUT2D eigenvalue weighted by Gasteiger charge is -2.26. The van der Waals surface area contributed by atoms with E-state index in [0.717, 1.165) is 29.9 Å². The lowest BCUT2D eigenvalue weighted by Crippen LogP contribution is -2.29. The van der Waals surface area contributed by atoms with Gasteiger partial charge in [0.05, 0.1) is 0 Å². The molecule has 1 atom stereocenters. The number of rotatable bonds is 4. The molecule has 4 rings (SSSR count). The summed E-state index contributed by atoms with van der Waals surface area (Å²) < 4.78 is 17.4. The van der Waals surface area contributed by atoms with Gasteiger partial charge in [0.1, 0.15) is 12.7 Å². The van der Waals surface area contributed by atoms with Crippen LogP contribution in [-0.2, 0) is 6.42 Å². The molecule has 2 aromatic carbocycles. The molecule has 0 fully saturated rings. The minimum absolute atomic E-state index is 0.0392. The molecule has 0 saturated carbocycles. The molecule has 1 aliphatic heterocycles. The van der Waals surface area contributed by atoms with Crippen LogP contribution in [0.25, 0.3) is 11.5 Å². The van der Waals surface area contributed by atoms with Gasteiger partial charge in [0.15, 0.2) is 11.5 Å². The van der Waals surface area contributed by atoms with Gasteiger partial charge in [0.2, 0.25) is 11.8 Å². The topological polar surface area (TPSA) is 57.4 Å². The summed E-state index contributed by atoms with van der Waals surface area (Å²) in [7, 11) is 0. The number of hydrogen-bond donors (Lipinski definition) is 0. The highest BCUT2D eigenvalue weighted by molar-refractivity contribution is 5.58. The van der Waals surface area contributed by atoms with Crippen LogP contribution in [0, 0.1) is 6.92 Å². The fourth-order valence-electron chi connectivity index (χ4n) is 2.87. The van der Waals surface area contributed by atoms with Crippen LogP contribution >= 0.6 is 0 Å². The van der Waals surface area contributed by atoms with E-state index >= 15 is 0 Å². The molecule has 0 radical (unpaired) electrons. The molecule has 122 valence electrons. The fraction of sp³-hybridized carbons (Fsp3) is 0.263. The number of aromatic nitrogens is 2. The molecule has 0 amide bonds. The van der Waals surface area contributed by atoms with Crippen LogP contribution in [0.4, 0.5) is 0 Å². The predicted molar refractivity (Wildman–Crippen MR) is 89.1 cm³/mol. The van der Waals surface area contributed by atoms with Crippen molar-refractivity contribution in [2.45, 2.75) is 25.9 Å². The third-order valence-corrected chi connectivity index (χ3v) is 4.08. The number of aryl methyl sites for hydroxylation is 2. The van der Waals surface area contributed by atoms with E-state index in [2.05, 4.69) is 16.3 Å². The Balaban J connectivity index is 1.47. The molecule has 0 saturated heterocycles. The molecule has 24 heavy (non-hydrogen) atoms.